The maximum atomic E-state index is 13.5. The first-order valence-corrected chi connectivity index (χ1v) is 36.9. The number of carbonyl (C=O) groups excluding carboxylic acids is 3. The highest BCUT2D eigenvalue weighted by atomic mass is 31.2. The van der Waals surface area contributed by atoms with Crippen LogP contribution in [0.3, 0.4) is 0 Å². The van der Waals surface area contributed by atoms with Gasteiger partial charge in [0.05, 0.1) is 59.5 Å². The number of hydrogen-bond donors (Lipinski definition) is 30. The second kappa shape index (κ2) is 40.5. The summed E-state index contributed by atoms with van der Waals surface area (Å²) in [4.78, 5) is 48.0. The third-order valence-electron chi connectivity index (χ3n) is 20.1. The number of aliphatic hydroxyl groups excluding tert-OH is 26. The van der Waals surface area contributed by atoms with Crippen molar-refractivity contribution in [2.75, 3.05) is 59.5 Å². The third kappa shape index (κ3) is 21.2. The average molecular weight is 1680 g/mol. The van der Waals surface area contributed by atoms with Crippen LogP contribution in [-0.2, 0) is 104 Å². The lowest BCUT2D eigenvalue weighted by Gasteiger charge is -2.50. The molecule has 9 aliphatic heterocycles. The number of aliphatic hydroxyl groups is 26. The SMILES string of the molecule is CC(=O)N[C@@H]1[C@@H](O)[C@H](O[C@@H]2O[C@H](CO)[C@@H](O[C@@H]3O[C@H](CO[C@H]4O[C@H](CO[C@H]5O[C@H](CO)[C@@H](O)[C@H](O)[C@@H]5O)[C@@H](O)[C@H](O[C@H]5O[C@H](CO)[C@@H](O)[C@H](O)[C@@H]5O)[C@@H]4O)[C@@H](O)[C@H](O[C@H]4O[C@H](CO)[C@@H](O)[C@H](O)[C@@H]4O[C@H]4O[C@H](COP(=O)(O)O[C@H]5O[C@H](CO)[C@@H](O)[C@H](O)[C@H]5NC(C)=O)[C@@H](O)[C@H](O)[C@@H]4O)[C@@H]3O)[C@H](O)[C@H]2NC(C)=O)[C@@H](CO)O[C@H]1O. The van der Waals surface area contributed by atoms with E-state index in [-0.39, 0.29) is 0 Å². The number of phosphoric acid groups is 1. The Morgan fingerprint density at radius 1 is 0.283 bits per heavy atom. The maximum Gasteiger partial charge on any atom is 0.474 e. The molecular weight excluding hydrogens is 1580 g/mol. The molecule has 656 valence electrons. The number of rotatable bonds is 30. The topological polar surface area (TPSA) is 817 Å². The van der Waals surface area contributed by atoms with Crippen LogP contribution in [-0.4, -0.2) is 491 Å². The summed E-state index contributed by atoms with van der Waals surface area (Å²) in [5.41, 5.74) is 0. The highest BCUT2D eigenvalue weighted by molar-refractivity contribution is 7.47. The molecule has 0 saturated carbocycles. The van der Waals surface area contributed by atoms with Crippen molar-refractivity contribution < 1.29 is 241 Å². The molecule has 9 fully saturated rings. The lowest BCUT2D eigenvalue weighted by molar-refractivity contribution is -0.399. The fourth-order valence-electron chi connectivity index (χ4n) is 13.9. The van der Waals surface area contributed by atoms with E-state index in [0.29, 0.717) is 0 Å². The molecule has 30 N–H and O–H groups in total. The van der Waals surface area contributed by atoms with Crippen LogP contribution in [0.1, 0.15) is 20.8 Å². The van der Waals surface area contributed by atoms with Gasteiger partial charge in [0.15, 0.2) is 56.6 Å². The molecule has 9 saturated heterocycles. The Hall–Kier alpha value is -3.16. The van der Waals surface area contributed by atoms with Crippen LogP contribution in [0.15, 0.2) is 0 Å². The monoisotopic (exact) mass is 1680 g/mol. The molecule has 9 aliphatic rings. The third-order valence-corrected chi connectivity index (χ3v) is 21.1. The van der Waals surface area contributed by atoms with E-state index in [1.54, 1.807) is 0 Å². The second-order valence-corrected chi connectivity index (χ2v) is 29.5. The smallest absolute Gasteiger partial charge is 0.394 e. The first-order valence-electron chi connectivity index (χ1n) is 35.4. The van der Waals surface area contributed by atoms with Gasteiger partial charge in [0.1, 0.15) is 220 Å². The normalized spacial score (nSPS) is 49.2. The van der Waals surface area contributed by atoms with E-state index in [9.17, 15) is 157 Å². The van der Waals surface area contributed by atoms with Gasteiger partial charge < -0.3 is 229 Å². The second-order valence-electron chi connectivity index (χ2n) is 28.0. The van der Waals surface area contributed by atoms with Crippen LogP contribution >= 0.6 is 7.82 Å². The summed E-state index contributed by atoms with van der Waals surface area (Å²) in [6, 6.07) is -5.43. The number of nitrogens with one attached hydrogen (secondary N) is 3. The van der Waals surface area contributed by atoms with Gasteiger partial charge in [-0.1, -0.05) is 0 Å². The van der Waals surface area contributed by atoms with Gasteiger partial charge in [0, 0.05) is 20.8 Å². The van der Waals surface area contributed by atoms with Crippen molar-refractivity contribution in [2.24, 2.45) is 0 Å². The van der Waals surface area contributed by atoms with Crippen LogP contribution in [0.2, 0.25) is 0 Å². The molecule has 0 bridgehead atoms. The first-order chi connectivity index (χ1) is 53.2. The average Bonchev–Trinajstić information content (AvgIpc) is 0.771. The van der Waals surface area contributed by atoms with Gasteiger partial charge in [-0.05, 0) is 0 Å². The number of hydrogen-bond acceptors (Lipinski definition) is 48. The Morgan fingerprint density at radius 3 is 1.06 bits per heavy atom. The predicted molar refractivity (Wildman–Crippen MR) is 343 cm³/mol. The van der Waals surface area contributed by atoms with Crippen LogP contribution < -0.4 is 16.0 Å². The molecular formula is C60H102N3O49P. The lowest BCUT2D eigenvalue weighted by Crippen LogP contribution is -2.70. The summed E-state index contributed by atoms with van der Waals surface area (Å²) in [6.45, 7) is -7.21. The molecule has 0 aromatic heterocycles. The fourth-order valence-corrected chi connectivity index (χ4v) is 14.8. The molecule has 1 unspecified atom stereocenters. The standard InChI is InChI=1S/C60H102N3O49P/c1-13(70)61-25-36(81)47(20(8-68)98-52(25)92)107-53-27(63-15(3)72)37(82)48(21(9-69)103-53)108-59-46(91)50(34(79)23(105-59)11-96-56-45(90)49(109-57-43(88)39(84)30(75)18(6-66)101-57)33(78)22(104-56)10-95-55-42(87)38(83)29(74)17(5-65)100-55)110-60-51(41(86)31(76)19(7-67)102-60)111-58-44(89)40(85)32(77)24(106-58)12-97-113(93,94)112-54-26(62-14(2)71)35(80)28(73)16(4-64)99-54/h16-60,64-69,73-92H,4-12H2,1-3H3,(H,61,70)(H,62,71)(H,63,72)(H,93,94)/t16-,17-,18-,19-,20-,21-,22-,23-,24-,25-,26-,27-,28-,29-,30-,31-,32-,33-,34-,35-,36-,37-,38+,39+,40+,41+,42+,43+,44+,45+,46+,47-,48-,49+,50+,51+,52-,53+,54-,55+,56+,57-,58-,59+,60-/m1/s1. The predicted octanol–water partition coefficient (Wildman–Crippen LogP) is -20.1. The summed E-state index contributed by atoms with van der Waals surface area (Å²) in [5, 5.41) is 293. The van der Waals surface area contributed by atoms with Crippen molar-refractivity contribution in [1.29, 1.82) is 0 Å². The molecule has 0 aliphatic carbocycles. The molecule has 113 heavy (non-hydrogen) atoms. The zero-order valence-corrected chi connectivity index (χ0v) is 60.7. The van der Waals surface area contributed by atoms with Crippen molar-refractivity contribution in [3.05, 3.63) is 0 Å². The van der Waals surface area contributed by atoms with Crippen molar-refractivity contribution in [3.8, 4) is 0 Å². The maximum absolute atomic E-state index is 13.5. The van der Waals surface area contributed by atoms with Crippen molar-refractivity contribution >= 4 is 25.5 Å². The van der Waals surface area contributed by atoms with Crippen molar-refractivity contribution in [3.63, 3.8) is 0 Å². The largest absolute Gasteiger partial charge is 0.474 e. The number of phosphoric ester groups is 1. The molecule has 3 amide bonds. The molecule has 0 spiro atoms. The van der Waals surface area contributed by atoms with Crippen LogP contribution in [0.4, 0.5) is 0 Å². The molecule has 0 radical (unpaired) electrons. The Morgan fingerprint density at radius 2 is 0.584 bits per heavy atom. The van der Waals surface area contributed by atoms with Gasteiger partial charge in [-0.25, -0.2) is 4.57 Å². The Kier molecular flexibility index (Phi) is 33.6. The first kappa shape index (κ1) is 93.7. The number of carbonyl (C=O) groups is 3. The van der Waals surface area contributed by atoms with Gasteiger partial charge in [-0.2, -0.15) is 0 Å². The molecule has 53 heteroatoms. The van der Waals surface area contributed by atoms with E-state index >= 15 is 0 Å². The zero-order valence-electron chi connectivity index (χ0n) is 59.8. The Balaban J connectivity index is 1.03. The highest BCUT2D eigenvalue weighted by Crippen LogP contribution is 2.48. The van der Waals surface area contributed by atoms with E-state index < -0.39 is 361 Å². The Labute approximate surface area is 637 Å². The molecule has 0 aromatic carbocycles. The summed E-state index contributed by atoms with van der Waals surface area (Å²) < 4.78 is 116. The minimum absolute atomic E-state index is 0.800. The summed E-state index contributed by atoms with van der Waals surface area (Å²) in [5.74, 6) is -2.65. The molecule has 0 aromatic rings. The molecule has 52 nitrogen and oxygen atoms in total. The zero-order chi connectivity index (χ0) is 83.4. The quantitative estimate of drug-likeness (QED) is 0.0297. The van der Waals surface area contributed by atoms with Gasteiger partial charge in [-0.3, -0.25) is 23.4 Å². The summed E-state index contributed by atoms with van der Waals surface area (Å²) >= 11 is 0. The van der Waals surface area contributed by atoms with Crippen molar-refractivity contribution in [1.82, 2.24) is 16.0 Å². The highest BCUT2D eigenvalue weighted by Gasteiger charge is 2.60. The molecule has 9 rings (SSSR count). The Bertz CT molecular complexity index is 3050. The minimum atomic E-state index is -5.64. The van der Waals surface area contributed by atoms with E-state index in [4.69, 9.17) is 84.8 Å². The van der Waals surface area contributed by atoms with E-state index in [2.05, 4.69) is 16.0 Å². The van der Waals surface area contributed by atoms with E-state index in [0.717, 1.165) is 20.8 Å². The molecule has 9 heterocycles. The van der Waals surface area contributed by atoms with E-state index in [1.165, 1.54) is 0 Å². The summed E-state index contributed by atoms with van der Waals surface area (Å²) in [7, 11) is -5.64. The van der Waals surface area contributed by atoms with Gasteiger partial charge in [-0.15, -0.1) is 0 Å². The number of amides is 3. The lowest BCUT2D eigenvalue weighted by atomic mass is 9.94. The fraction of sp³-hybridized carbons (Fsp3) is 0.950. The van der Waals surface area contributed by atoms with Crippen LogP contribution in [0.5, 0.6) is 0 Å². The van der Waals surface area contributed by atoms with Crippen molar-refractivity contribution in [2.45, 2.75) is 297 Å². The number of ether oxygens (including phenoxy) is 16. The van der Waals surface area contributed by atoms with Gasteiger partial charge in [0.2, 0.25) is 17.7 Å². The van der Waals surface area contributed by atoms with Crippen LogP contribution in [0.25, 0.3) is 0 Å². The van der Waals surface area contributed by atoms with Gasteiger partial charge in [0.25, 0.3) is 0 Å². The van der Waals surface area contributed by atoms with Crippen LogP contribution in [0, 0.1) is 0 Å². The molecule has 46 atom stereocenters. The van der Waals surface area contributed by atoms with Gasteiger partial charge >= 0.3 is 7.82 Å². The summed E-state index contributed by atoms with van der Waals surface area (Å²) in [6.07, 6.45) is -90.4. The minimum Gasteiger partial charge on any atom is -0.394 e. The van der Waals surface area contributed by atoms with E-state index in [1.807, 2.05) is 0 Å².